The van der Waals surface area contributed by atoms with Gasteiger partial charge in [0.05, 0.1) is 17.4 Å². The van der Waals surface area contributed by atoms with E-state index in [4.69, 9.17) is 0 Å². The minimum absolute atomic E-state index is 0.117. The lowest BCUT2D eigenvalue weighted by Crippen LogP contribution is -2.33. The second-order valence-electron chi connectivity index (χ2n) is 4.67. The minimum Gasteiger partial charge on any atom is -0.378 e. The summed E-state index contributed by atoms with van der Waals surface area (Å²) in [6.45, 7) is 6.64. The van der Waals surface area contributed by atoms with E-state index < -0.39 is 0 Å². The van der Waals surface area contributed by atoms with Gasteiger partial charge in [-0.1, -0.05) is 32.0 Å². The first-order valence-electron chi connectivity index (χ1n) is 6.17. The average molecular weight is 229 g/mol. The number of hydrogen-bond donors (Lipinski definition) is 1. The molecule has 3 heteroatoms. The number of benzene rings is 1. The van der Waals surface area contributed by atoms with Crippen LogP contribution in [-0.4, -0.2) is 15.7 Å². The molecule has 0 spiro atoms. The van der Waals surface area contributed by atoms with Crippen LogP contribution in [-0.2, 0) is 0 Å². The molecule has 3 nitrogen and oxygen atoms in total. The third-order valence-corrected chi connectivity index (χ3v) is 3.54. The fourth-order valence-electron chi connectivity index (χ4n) is 1.86. The molecule has 1 aromatic carbocycles. The van der Waals surface area contributed by atoms with Gasteiger partial charge in [-0.2, -0.15) is 10.2 Å². The summed E-state index contributed by atoms with van der Waals surface area (Å²) in [5.74, 6) is 0. The van der Waals surface area contributed by atoms with Crippen molar-refractivity contribution in [1.82, 2.24) is 10.2 Å². The summed E-state index contributed by atoms with van der Waals surface area (Å²) in [5, 5.41) is 12.9. The Labute approximate surface area is 102 Å². The van der Waals surface area contributed by atoms with Crippen LogP contribution in [0, 0.1) is 0 Å². The summed E-state index contributed by atoms with van der Waals surface area (Å²) < 4.78 is 0. The average Bonchev–Trinajstić information content (AvgIpc) is 2.39. The molecule has 1 heterocycles. The van der Waals surface area contributed by atoms with Crippen molar-refractivity contribution in [3.63, 3.8) is 0 Å². The summed E-state index contributed by atoms with van der Waals surface area (Å²) in [6.07, 6.45) is 3.98. The molecule has 0 saturated carbocycles. The zero-order chi connectivity index (χ0) is 12.3. The molecule has 1 aromatic heterocycles. The smallest absolute Gasteiger partial charge is 0.0950 e. The van der Waals surface area contributed by atoms with Crippen molar-refractivity contribution >= 4 is 16.6 Å². The zero-order valence-corrected chi connectivity index (χ0v) is 10.7. The van der Waals surface area contributed by atoms with Crippen LogP contribution in [0.3, 0.4) is 0 Å². The second kappa shape index (κ2) is 4.70. The molecule has 0 bridgehead atoms. The van der Waals surface area contributed by atoms with Crippen LogP contribution in [0.4, 0.5) is 5.69 Å². The van der Waals surface area contributed by atoms with Gasteiger partial charge in [-0.15, -0.1) is 0 Å². The molecule has 0 amide bonds. The van der Waals surface area contributed by atoms with Crippen molar-refractivity contribution in [2.24, 2.45) is 0 Å². The molecule has 0 aliphatic rings. The quantitative estimate of drug-likeness (QED) is 0.870. The van der Waals surface area contributed by atoms with Gasteiger partial charge in [0.1, 0.15) is 0 Å². The van der Waals surface area contributed by atoms with Gasteiger partial charge < -0.3 is 5.32 Å². The highest BCUT2D eigenvalue weighted by molar-refractivity contribution is 5.90. The van der Waals surface area contributed by atoms with E-state index in [1.165, 1.54) is 0 Å². The first-order valence-corrected chi connectivity index (χ1v) is 6.17. The van der Waals surface area contributed by atoms with E-state index in [9.17, 15) is 0 Å². The van der Waals surface area contributed by atoms with Crippen molar-refractivity contribution < 1.29 is 0 Å². The monoisotopic (exact) mass is 229 g/mol. The molecule has 2 aromatic rings. The number of nitrogens with one attached hydrogen (secondary N) is 1. The molecule has 0 saturated heterocycles. The van der Waals surface area contributed by atoms with Gasteiger partial charge >= 0.3 is 0 Å². The molecule has 0 radical (unpaired) electrons. The van der Waals surface area contributed by atoms with E-state index in [1.54, 1.807) is 0 Å². The highest BCUT2D eigenvalue weighted by Crippen LogP contribution is 2.26. The molecule has 0 unspecified atom stereocenters. The molecule has 0 aliphatic heterocycles. The maximum atomic E-state index is 4.13. The van der Waals surface area contributed by atoms with Crippen LogP contribution < -0.4 is 5.32 Å². The Bertz CT molecular complexity index is 498. The molecule has 0 fully saturated rings. The van der Waals surface area contributed by atoms with E-state index in [1.807, 2.05) is 24.4 Å². The summed E-state index contributed by atoms with van der Waals surface area (Å²) in [5.41, 5.74) is 2.13. The largest absolute Gasteiger partial charge is 0.378 e. The number of hydrogen-bond acceptors (Lipinski definition) is 3. The summed E-state index contributed by atoms with van der Waals surface area (Å²) >= 11 is 0. The van der Waals surface area contributed by atoms with Crippen molar-refractivity contribution in [2.45, 2.75) is 39.2 Å². The molecule has 1 N–H and O–H groups in total. The van der Waals surface area contributed by atoms with Crippen molar-refractivity contribution in [3.8, 4) is 0 Å². The number of aromatic nitrogens is 2. The van der Waals surface area contributed by atoms with Gasteiger partial charge in [0.15, 0.2) is 0 Å². The van der Waals surface area contributed by atoms with Crippen LogP contribution in [0.15, 0.2) is 30.5 Å². The lowest BCUT2D eigenvalue weighted by atomic mass is 9.95. The Balaban J connectivity index is 2.42. The van der Waals surface area contributed by atoms with Crippen molar-refractivity contribution in [1.29, 1.82) is 0 Å². The van der Waals surface area contributed by atoms with Crippen LogP contribution in [0.1, 0.15) is 33.6 Å². The van der Waals surface area contributed by atoms with E-state index in [0.29, 0.717) is 0 Å². The Kier molecular flexibility index (Phi) is 3.27. The Morgan fingerprint density at radius 2 is 1.88 bits per heavy atom. The molecule has 0 atom stereocenters. The van der Waals surface area contributed by atoms with Gasteiger partial charge in [-0.3, -0.25) is 0 Å². The number of anilines is 1. The molecular weight excluding hydrogens is 210 g/mol. The van der Waals surface area contributed by atoms with Gasteiger partial charge in [0.25, 0.3) is 0 Å². The molecule has 90 valence electrons. The first kappa shape index (κ1) is 11.8. The van der Waals surface area contributed by atoms with Gasteiger partial charge in [-0.25, -0.2) is 0 Å². The van der Waals surface area contributed by atoms with Crippen LogP contribution in [0.25, 0.3) is 10.9 Å². The van der Waals surface area contributed by atoms with E-state index >= 15 is 0 Å². The van der Waals surface area contributed by atoms with Crippen molar-refractivity contribution in [3.05, 3.63) is 30.5 Å². The third kappa shape index (κ3) is 2.38. The van der Waals surface area contributed by atoms with Crippen LogP contribution >= 0.6 is 0 Å². The maximum Gasteiger partial charge on any atom is 0.0950 e. The highest BCUT2D eigenvalue weighted by Gasteiger charge is 2.19. The van der Waals surface area contributed by atoms with E-state index in [0.717, 1.165) is 29.4 Å². The normalized spacial score (nSPS) is 11.7. The predicted octanol–water partition coefficient (Wildman–Crippen LogP) is 3.62. The lowest BCUT2D eigenvalue weighted by Gasteiger charge is -2.29. The molecule has 17 heavy (non-hydrogen) atoms. The van der Waals surface area contributed by atoms with Crippen LogP contribution in [0.2, 0.25) is 0 Å². The number of rotatable bonds is 4. The number of fused-ring (bicyclic) bond motifs is 1. The maximum absolute atomic E-state index is 4.13. The van der Waals surface area contributed by atoms with E-state index in [2.05, 4.69) is 42.4 Å². The highest BCUT2D eigenvalue weighted by atomic mass is 15.1. The fourth-order valence-corrected chi connectivity index (χ4v) is 1.86. The molecule has 0 aliphatic carbocycles. The van der Waals surface area contributed by atoms with Gasteiger partial charge in [-0.05, 0) is 25.8 Å². The first-order chi connectivity index (χ1) is 8.18. The summed E-state index contributed by atoms with van der Waals surface area (Å²) in [6, 6.07) is 8.09. The Hall–Kier alpha value is -1.64. The summed E-state index contributed by atoms with van der Waals surface area (Å²) in [7, 11) is 0. The minimum atomic E-state index is 0.117. The fraction of sp³-hybridized carbons (Fsp3) is 0.429. The standard InChI is InChI=1S/C14H19N3/c1-4-14(3,5-2)16-13-10-15-17-12-9-7-6-8-11(12)13/h6-10H,4-5H2,1-3H3,(H,16,17). The molecule has 2 rings (SSSR count). The topological polar surface area (TPSA) is 37.8 Å². The van der Waals surface area contributed by atoms with Crippen LogP contribution in [0.5, 0.6) is 0 Å². The van der Waals surface area contributed by atoms with E-state index in [-0.39, 0.29) is 5.54 Å². The zero-order valence-electron chi connectivity index (χ0n) is 10.7. The SMILES string of the molecule is CCC(C)(CC)Nc1cnnc2ccccc12. The lowest BCUT2D eigenvalue weighted by molar-refractivity contribution is 0.479. The second-order valence-corrected chi connectivity index (χ2v) is 4.67. The molecular formula is C14H19N3. The van der Waals surface area contributed by atoms with Gasteiger partial charge in [0, 0.05) is 10.9 Å². The van der Waals surface area contributed by atoms with Crippen molar-refractivity contribution in [2.75, 3.05) is 5.32 Å². The van der Waals surface area contributed by atoms with Gasteiger partial charge in [0.2, 0.25) is 0 Å². The third-order valence-electron chi connectivity index (χ3n) is 3.54. The number of nitrogens with zero attached hydrogens (tertiary/aromatic N) is 2. The Morgan fingerprint density at radius 3 is 2.59 bits per heavy atom. The Morgan fingerprint density at radius 1 is 1.18 bits per heavy atom. The predicted molar refractivity (Wildman–Crippen MR) is 72.1 cm³/mol. The summed E-state index contributed by atoms with van der Waals surface area (Å²) in [4.78, 5) is 0.